The van der Waals surface area contributed by atoms with Crippen molar-refractivity contribution in [3.05, 3.63) is 11.6 Å². The van der Waals surface area contributed by atoms with Gasteiger partial charge in [0.15, 0.2) is 18.4 Å². The fraction of sp³-hybridized carbons (Fsp3) is 0.903. The Morgan fingerprint density at radius 2 is 1.67 bits per heavy atom. The van der Waals surface area contributed by atoms with Crippen LogP contribution >= 0.6 is 0 Å². The SMILES string of the molecule is C[C@@H]1O[C@@H](O[C@@H]2[C@H](N)C[C@@H](O[C@H]3CC[C@H]4[C@@H]5CCC6=CC(=O)CC[C@]6(C)[C@H]5CC[C@]34C)O[C@H]2C)C[C@H](O)[C@@H]1O. The number of aliphatic hydroxyl groups is 2. The summed E-state index contributed by atoms with van der Waals surface area (Å²) in [6.45, 7) is 8.58. The maximum atomic E-state index is 12.1. The minimum Gasteiger partial charge on any atom is -0.390 e. The molecule has 0 aromatic rings. The Bertz CT molecular complexity index is 949. The highest BCUT2D eigenvalue weighted by molar-refractivity contribution is 5.91. The van der Waals surface area contributed by atoms with Gasteiger partial charge >= 0.3 is 0 Å². The number of nitrogens with two attached hydrogens (primary N) is 1. The molecule has 14 atom stereocenters. The van der Waals surface area contributed by atoms with Crippen LogP contribution in [-0.4, -0.2) is 71.2 Å². The van der Waals surface area contributed by atoms with E-state index in [9.17, 15) is 15.0 Å². The monoisotopic (exact) mass is 547 g/mol. The standard InChI is InChI=1S/C31H49NO7/c1-16-28(35)24(34)15-27(36-16)39-29-17(2)37-26(14-23(29)32)38-25-8-7-21-20-6-5-18-13-19(33)9-11-30(18,3)22(20)10-12-31(21,25)4/h13,16-17,20-29,34-35H,5-12,14-15,32H2,1-4H3/t16-,17-,20-,21-,22-,23+,24-,25-,26+,27-,28+,29-,30-,31-/m0/s1. The van der Waals surface area contributed by atoms with Crippen molar-refractivity contribution in [3.63, 3.8) is 0 Å². The molecule has 6 aliphatic rings. The number of hydrogen-bond donors (Lipinski definition) is 3. The molecule has 0 unspecified atom stereocenters. The molecule has 2 heterocycles. The molecule has 220 valence electrons. The van der Waals surface area contributed by atoms with Crippen molar-refractivity contribution in [2.45, 2.75) is 147 Å². The molecule has 0 aromatic heterocycles. The van der Waals surface area contributed by atoms with Crippen LogP contribution in [0, 0.1) is 28.6 Å². The summed E-state index contributed by atoms with van der Waals surface area (Å²) >= 11 is 0. The summed E-state index contributed by atoms with van der Waals surface area (Å²) in [5.41, 5.74) is 8.35. The van der Waals surface area contributed by atoms with Gasteiger partial charge in [0.25, 0.3) is 0 Å². The smallest absolute Gasteiger partial charge is 0.161 e. The zero-order valence-electron chi connectivity index (χ0n) is 24.1. The van der Waals surface area contributed by atoms with Gasteiger partial charge in [0, 0.05) is 25.3 Å². The van der Waals surface area contributed by atoms with Gasteiger partial charge < -0.3 is 34.9 Å². The summed E-state index contributed by atoms with van der Waals surface area (Å²) in [6.07, 6.45) is 7.55. The number of ether oxygens (including phenoxy) is 4. The van der Waals surface area contributed by atoms with Gasteiger partial charge in [-0.1, -0.05) is 19.4 Å². The molecule has 5 fully saturated rings. The molecule has 8 heteroatoms. The number of carbonyl (C=O) groups excluding carboxylic acids is 1. The van der Waals surface area contributed by atoms with Crippen molar-refractivity contribution in [2.24, 2.45) is 34.3 Å². The van der Waals surface area contributed by atoms with Gasteiger partial charge in [-0.05, 0) is 93.5 Å². The third kappa shape index (κ3) is 4.86. The lowest BCUT2D eigenvalue weighted by atomic mass is 9.47. The molecule has 8 nitrogen and oxygen atoms in total. The highest BCUT2D eigenvalue weighted by Gasteiger charge is 2.60. The molecule has 0 amide bonds. The lowest BCUT2D eigenvalue weighted by Gasteiger charge is -2.58. The summed E-state index contributed by atoms with van der Waals surface area (Å²) in [7, 11) is 0. The molecule has 0 spiro atoms. The zero-order chi connectivity index (χ0) is 27.7. The van der Waals surface area contributed by atoms with E-state index in [4.69, 9.17) is 24.7 Å². The van der Waals surface area contributed by atoms with Crippen molar-refractivity contribution in [1.82, 2.24) is 0 Å². The summed E-state index contributed by atoms with van der Waals surface area (Å²) in [4.78, 5) is 12.1. The number of carbonyl (C=O) groups is 1. The normalized spacial score (nSPS) is 53.9. The fourth-order valence-corrected chi connectivity index (χ4v) is 9.58. The first-order chi connectivity index (χ1) is 18.5. The van der Waals surface area contributed by atoms with Crippen molar-refractivity contribution in [3.8, 4) is 0 Å². The Kier molecular flexibility index (Phi) is 7.57. The summed E-state index contributed by atoms with van der Waals surface area (Å²) in [5, 5.41) is 20.1. The van der Waals surface area contributed by atoms with Crippen molar-refractivity contribution in [1.29, 1.82) is 0 Å². The van der Waals surface area contributed by atoms with Crippen molar-refractivity contribution >= 4 is 5.78 Å². The molecule has 4 N–H and O–H groups in total. The third-order valence-electron chi connectivity index (χ3n) is 11.9. The van der Waals surface area contributed by atoms with Crippen LogP contribution in [0.4, 0.5) is 0 Å². The van der Waals surface area contributed by atoms with E-state index in [2.05, 4.69) is 13.8 Å². The molecule has 39 heavy (non-hydrogen) atoms. The number of rotatable bonds is 4. The van der Waals surface area contributed by atoms with Gasteiger partial charge in [0.05, 0.1) is 24.4 Å². The topological polar surface area (TPSA) is 120 Å². The van der Waals surface area contributed by atoms with Crippen LogP contribution in [0.1, 0.15) is 91.9 Å². The Balaban J connectivity index is 1.08. The highest BCUT2D eigenvalue weighted by Crippen LogP contribution is 2.65. The van der Waals surface area contributed by atoms with Crippen molar-refractivity contribution in [2.75, 3.05) is 0 Å². The maximum Gasteiger partial charge on any atom is 0.161 e. The number of ketones is 1. The molecular formula is C31H49NO7. The first-order valence-electron chi connectivity index (χ1n) is 15.5. The number of aliphatic hydroxyl groups excluding tert-OH is 2. The highest BCUT2D eigenvalue weighted by atomic mass is 16.7. The predicted octanol–water partition coefficient (Wildman–Crippen LogP) is 3.61. The summed E-state index contributed by atoms with van der Waals surface area (Å²) < 4.78 is 25.0. The van der Waals surface area contributed by atoms with Crippen LogP contribution in [0.15, 0.2) is 11.6 Å². The van der Waals surface area contributed by atoms with E-state index in [-0.39, 0.29) is 47.9 Å². The van der Waals surface area contributed by atoms with Crippen LogP contribution in [-0.2, 0) is 23.7 Å². The summed E-state index contributed by atoms with van der Waals surface area (Å²) in [6, 6.07) is -0.278. The predicted molar refractivity (Wildman–Crippen MR) is 144 cm³/mol. The molecule has 2 aliphatic heterocycles. The van der Waals surface area contributed by atoms with E-state index in [1.807, 2.05) is 13.0 Å². The maximum absolute atomic E-state index is 12.1. The van der Waals surface area contributed by atoms with Crippen LogP contribution < -0.4 is 5.73 Å². The second kappa shape index (κ2) is 10.4. The molecule has 2 saturated heterocycles. The Hall–Kier alpha value is -0.870. The van der Waals surface area contributed by atoms with E-state index in [1.54, 1.807) is 6.92 Å². The van der Waals surface area contributed by atoms with Crippen LogP contribution in [0.5, 0.6) is 0 Å². The quantitative estimate of drug-likeness (QED) is 0.488. The van der Waals surface area contributed by atoms with E-state index >= 15 is 0 Å². The molecule has 0 radical (unpaired) electrons. The largest absolute Gasteiger partial charge is 0.390 e. The fourth-order valence-electron chi connectivity index (χ4n) is 9.58. The average molecular weight is 548 g/mol. The van der Waals surface area contributed by atoms with Crippen LogP contribution in [0.3, 0.4) is 0 Å². The van der Waals surface area contributed by atoms with E-state index in [0.717, 1.165) is 25.7 Å². The van der Waals surface area contributed by atoms with Gasteiger partial charge in [-0.25, -0.2) is 0 Å². The minimum atomic E-state index is -0.912. The number of allylic oxidation sites excluding steroid dienone is 1. The minimum absolute atomic E-state index is 0.135. The van der Waals surface area contributed by atoms with Gasteiger partial charge in [0.2, 0.25) is 0 Å². The van der Waals surface area contributed by atoms with Crippen molar-refractivity contribution < 1.29 is 34.0 Å². The first-order valence-corrected chi connectivity index (χ1v) is 15.5. The van der Waals surface area contributed by atoms with E-state index in [0.29, 0.717) is 36.4 Å². The van der Waals surface area contributed by atoms with Crippen LogP contribution in [0.2, 0.25) is 0 Å². The van der Waals surface area contributed by atoms with E-state index < -0.39 is 24.6 Å². The Morgan fingerprint density at radius 1 is 0.923 bits per heavy atom. The molecule has 0 bridgehead atoms. The van der Waals surface area contributed by atoms with Gasteiger partial charge in [0.1, 0.15) is 12.2 Å². The molecular weight excluding hydrogens is 498 g/mol. The molecule has 0 aromatic carbocycles. The lowest BCUT2D eigenvalue weighted by molar-refractivity contribution is -0.304. The second-order valence-electron chi connectivity index (χ2n) is 14.1. The van der Waals surface area contributed by atoms with Gasteiger partial charge in [-0.15, -0.1) is 0 Å². The Morgan fingerprint density at radius 3 is 2.41 bits per heavy atom. The number of hydrogen-bond acceptors (Lipinski definition) is 8. The molecule has 4 aliphatic carbocycles. The van der Waals surface area contributed by atoms with Gasteiger partial charge in [-0.3, -0.25) is 4.79 Å². The molecule has 3 saturated carbocycles. The summed E-state index contributed by atoms with van der Waals surface area (Å²) in [5.74, 6) is 2.34. The second-order valence-corrected chi connectivity index (χ2v) is 14.1. The molecule has 6 rings (SSSR count). The number of fused-ring (bicyclic) bond motifs is 5. The van der Waals surface area contributed by atoms with Gasteiger partial charge in [-0.2, -0.15) is 0 Å². The lowest BCUT2D eigenvalue weighted by Crippen LogP contribution is -2.57. The average Bonchev–Trinajstić information content (AvgIpc) is 3.21. The van der Waals surface area contributed by atoms with Crippen LogP contribution in [0.25, 0.3) is 0 Å². The first kappa shape index (κ1) is 28.3. The Labute approximate surface area is 233 Å². The van der Waals surface area contributed by atoms with E-state index in [1.165, 1.54) is 24.8 Å². The third-order valence-corrected chi connectivity index (χ3v) is 11.9. The zero-order valence-corrected chi connectivity index (χ0v) is 24.1.